The number of hydrogen-bond acceptors (Lipinski definition) is 2. The third-order valence-corrected chi connectivity index (χ3v) is 3.56. The summed E-state index contributed by atoms with van der Waals surface area (Å²) in [5.74, 6) is 0.589. The summed E-state index contributed by atoms with van der Waals surface area (Å²) in [6.07, 6.45) is 0. The molecular weight excluding hydrogens is 248 g/mol. The van der Waals surface area contributed by atoms with E-state index >= 15 is 0 Å². The molecule has 20 heavy (non-hydrogen) atoms. The van der Waals surface area contributed by atoms with Gasteiger partial charge in [0.1, 0.15) is 5.75 Å². The molecule has 2 aromatic rings. The van der Waals surface area contributed by atoms with Gasteiger partial charge in [0.25, 0.3) is 0 Å². The summed E-state index contributed by atoms with van der Waals surface area (Å²) in [6.45, 7) is 7.76. The summed E-state index contributed by atoms with van der Waals surface area (Å²) >= 11 is 0. The fourth-order valence-corrected chi connectivity index (χ4v) is 2.35. The lowest BCUT2D eigenvalue weighted by Crippen LogP contribution is -2.04. The van der Waals surface area contributed by atoms with E-state index in [9.17, 15) is 4.79 Å². The van der Waals surface area contributed by atoms with Crippen molar-refractivity contribution < 1.29 is 9.53 Å². The van der Waals surface area contributed by atoms with Crippen molar-refractivity contribution in [3.05, 3.63) is 64.7 Å². The fourth-order valence-electron chi connectivity index (χ4n) is 2.35. The van der Waals surface area contributed by atoms with Crippen molar-refractivity contribution in [1.29, 1.82) is 0 Å². The molecule has 0 aromatic heterocycles. The lowest BCUT2D eigenvalue weighted by Gasteiger charge is -2.16. The number of ether oxygens (including phenoxy) is 1. The Bertz CT molecular complexity index is 612. The van der Waals surface area contributed by atoms with Gasteiger partial charge in [-0.15, -0.1) is 0 Å². The highest BCUT2D eigenvalue weighted by molar-refractivity contribution is 5.69. The molecule has 2 nitrogen and oxygen atoms in total. The molecule has 1 unspecified atom stereocenters. The topological polar surface area (TPSA) is 26.3 Å². The molecule has 0 saturated carbocycles. The average Bonchev–Trinajstić information content (AvgIpc) is 2.40. The molecule has 0 heterocycles. The first-order chi connectivity index (χ1) is 9.47. The maximum Gasteiger partial charge on any atom is 0.308 e. The maximum absolute atomic E-state index is 11.1. The van der Waals surface area contributed by atoms with E-state index < -0.39 is 0 Å². The van der Waals surface area contributed by atoms with Gasteiger partial charge in [0.05, 0.1) is 0 Å². The molecule has 0 N–H and O–H groups in total. The third kappa shape index (κ3) is 3.27. The second kappa shape index (κ2) is 5.91. The van der Waals surface area contributed by atoms with Gasteiger partial charge in [-0.05, 0) is 42.7 Å². The Labute approximate surface area is 120 Å². The molecule has 0 bridgehead atoms. The minimum atomic E-state index is -0.289. The van der Waals surface area contributed by atoms with E-state index in [1.165, 1.54) is 29.2 Å². The van der Waals surface area contributed by atoms with Gasteiger partial charge in [0.15, 0.2) is 0 Å². The van der Waals surface area contributed by atoms with Crippen LogP contribution < -0.4 is 4.74 Å². The van der Waals surface area contributed by atoms with E-state index in [4.69, 9.17) is 4.74 Å². The zero-order valence-electron chi connectivity index (χ0n) is 12.4. The summed E-state index contributed by atoms with van der Waals surface area (Å²) in [6, 6.07) is 14.3. The Morgan fingerprint density at radius 2 is 1.70 bits per heavy atom. The number of esters is 1. The Morgan fingerprint density at radius 1 is 1.05 bits per heavy atom. The van der Waals surface area contributed by atoms with Gasteiger partial charge in [-0.1, -0.05) is 42.8 Å². The number of aryl methyl sites for hydroxylation is 2. The van der Waals surface area contributed by atoms with Gasteiger partial charge >= 0.3 is 5.97 Å². The normalized spacial score (nSPS) is 12.0. The number of carbonyl (C=O) groups excluding carboxylic acids is 1. The van der Waals surface area contributed by atoms with Gasteiger partial charge < -0.3 is 4.74 Å². The van der Waals surface area contributed by atoms with Crippen LogP contribution in [0.25, 0.3) is 0 Å². The van der Waals surface area contributed by atoms with E-state index in [0.717, 1.165) is 0 Å². The van der Waals surface area contributed by atoms with Crippen molar-refractivity contribution in [2.45, 2.75) is 33.6 Å². The van der Waals surface area contributed by atoms with Crippen LogP contribution in [0.4, 0.5) is 0 Å². The summed E-state index contributed by atoms with van der Waals surface area (Å²) in [7, 11) is 0. The Morgan fingerprint density at radius 3 is 2.30 bits per heavy atom. The van der Waals surface area contributed by atoms with Crippen LogP contribution in [0.3, 0.4) is 0 Å². The Balaban J connectivity index is 2.35. The third-order valence-electron chi connectivity index (χ3n) is 3.56. The van der Waals surface area contributed by atoms with E-state index in [0.29, 0.717) is 5.75 Å². The SMILES string of the molecule is CC(=O)Oc1ccc(C)c(C(C)c2ccc(C)cc2)c1. The van der Waals surface area contributed by atoms with Crippen LogP contribution in [0.2, 0.25) is 0 Å². The van der Waals surface area contributed by atoms with Crippen LogP contribution in [0.5, 0.6) is 5.75 Å². The van der Waals surface area contributed by atoms with Gasteiger partial charge in [0, 0.05) is 12.8 Å². The standard InChI is InChI=1S/C18H20O2/c1-12-5-8-16(9-6-12)14(3)18-11-17(20-15(4)19)10-7-13(18)2/h5-11,14H,1-4H3. The van der Waals surface area contributed by atoms with E-state index in [1.54, 1.807) is 0 Å². The molecule has 1 atom stereocenters. The average molecular weight is 268 g/mol. The lowest BCUT2D eigenvalue weighted by molar-refractivity contribution is -0.131. The monoisotopic (exact) mass is 268 g/mol. The van der Waals surface area contributed by atoms with Crippen LogP contribution in [0, 0.1) is 13.8 Å². The minimum absolute atomic E-state index is 0.270. The Hall–Kier alpha value is -2.09. The van der Waals surface area contributed by atoms with Gasteiger partial charge in [-0.3, -0.25) is 4.79 Å². The fraction of sp³-hybridized carbons (Fsp3) is 0.278. The second-order valence-corrected chi connectivity index (χ2v) is 5.24. The summed E-state index contributed by atoms with van der Waals surface area (Å²) in [5, 5.41) is 0. The number of hydrogen-bond donors (Lipinski definition) is 0. The van der Waals surface area contributed by atoms with Crippen molar-refractivity contribution in [2.24, 2.45) is 0 Å². The lowest BCUT2D eigenvalue weighted by atomic mass is 9.89. The van der Waals surface area contributed by atoms with Crippen molar-refractivity contribution in [2.75, 3.05) is 0 Å². The molecule has 2 heteroatoms. The molecule has 0 saturated heterocycles. The van der Waals surface area contributed by atoms with Crippen molar-refractivity contribution >= 4 is 5.97 Å². The first-order valence-corrected chi connectivity index (χ1v) is 6.83. The quantitative estimate of drug-likeness (QED) is 0.610. The van der Waals surface area contributed by atoms with Gasteiger partial charge in [0.2, 0.25) is 0 Å². The second-order valence-electron chi connectivity index (χ2n) is 5.24. The molecule has 0 aliphatic rings. The number of carbonyl (C=O) groups is 1. The van der Waals surface area contributed by atoms with Gasteiger partial charge in [-0.2, -0.15) is 0 Å². The maximum atomic E-state index is 11.1. The molecule has 104 valence electrons. The van der Waals surface area contributed by atoms with Crippen molar-refractivity contribution in [3.63, 3.8) is 0 Å². The largest absolute Gasteiger partial charge is 0.427 e. The molecule has 0 amide bonds. The smallest absolute Gasteiger partial charge is 0.308 e. The first-order valence-electron chi connectivity index (χ1n) is 6.83. The predicted molar refractivity (Wildman–Crippen MR) is 81.2 cm³/mol. The zero-order valence-corrected chi connectivity index (χ0v) is 12.4. The molecule has 0 aliphatic heterocycles. The predicted octanol–water partition coefficient (Wildman–Crippen LogP) is 4.38. The van der Waals surface area contributed by atoms with E-state index in [2.05, 4.69) is 45.0 Å². The molecule has 2 aromatic carbocycles. The summed E-state index contributed by atoms with van der Waals surface area (Å²) in [4.78, 5) is 11.1. The summed E-state index contributed by atoms with van der Waals surface area (Å²) < 4.78 is 5.18. The Kier molecular flexibility index (Phi) is 4.23. The van der Waals surface area contributed by atoms with Crippen LogP contribution in [-0.4, -0.2) is 5.97 Å². The van der Waals surface area contributed by atoms with Crippen LogP contribution in [-0.2, 0) is 4.79 Å². The zero-order chi connectivity index (χ0) is 14.7. The van der Waals surface area contributed by atoms with Crippen LogP contribution >= 0.6 is 0 Å². The highest BCUT2D eigenvalue weighted by atomic mass is 16.5. The minimum Gasteiger partial charge on any atom is -0.427 e. The van der Waals surface area contributed by atoms with E-state index in [-0.39, 0.29) is 11.9 Å². The molecule has 0 spiro atoms. The van der Waals surface area contributed by atoms with Crippen molar-refractivity contribution in [1.82, 2.24) is 0 Å². The molecule has 0 radical (unpaired) electrons. The van der Waals surface area contributed by atoms with Crippen LogP contribution in [0.15, 0.2) is 42.5 Å². The number of rotatable bonds is 3. The van der Waals surface area contributed by atoms with Crippen molar-refractivity contribution in [3.8, 4) is 5.75 Å². The molecule has 0 aliphatic carbocycles. The first kappa shape index (κ1) is 14.3. The van der Waals surface area contributed by atoms with E-state index in [1.807, 2.05) is 18.2 Å². The molecule has 0 fully saturated rings. The number of benzene rings is 2. The summed E-state index contributed by atoms with van der Waals surface area (Å²) in [5.41, 5.74) is 4.91. The molecular formula is C18H20O2. The highest BCUT2D eigenvalue weighted by Crippen LogP contribution is 2.30. The highest BCUT2D eigenvalue weighted by Gasteiger charge is 2.12. The molecule has 2 rings (SSSR count). The van der Waals surface area contributed by atoms with Crippen LogP contribution in [0.1, 0.15) is 42.0 Å². The van der Waals surface area contributed by atoms with Gasteiger partial charge in [-0.25, -0.2) is 0 Å².